The quantitative estimate of drug-likeness (QED) is 0.412. The van der Waals surface area contributed by atoms with E-state index in [4.69, 9.17) is 25.8 Å². The van der Waals surface area contributed by atoms with Gasteiger partial charge in [-0.1, -0.05) is 23.7 Å². The Balaban J connectivity index is 1.29. The summed E-state index contributed by atoms with van der Waals surface area (Å²) in [6, 6.07) is 19.2. The lowest BCUT2D eigenvalue weighted by Crippen LogP contribution is -2.44. The molecule has 7 heteroatoms. The van der Waals surface area contributed by atoms with Crippen molar-refractivity contribution in [2.45, 2.75) is 12.3 Å². The summed E-state index contributed by atoms with van der Waals surface area (Å²) in [6.07, 6.45) is 0.856. The van der Waals surface area contributed by atoms with Crippen LogP contribution >= 0.6 is 11.6 Å². The van der Waals surface area contributed by atoms with Crippen LogP contribution in [-0.4, -0.2) is 43.7 Å². The maximum Gasteiger partial charge on any atom is 0.231 e. The Kier molecular flexibility index (Phi) is 6.70. The Bertz CT molecular complexity index is 1150. The number of fused-ring (bicyclic) bond motifs is 1. The van der Waals surface area contributed by atoms with E-state index in [0.29, 0.717) is 47.5 Å². The number of hydrogen-bond donors (Lipinski definition) is 0. The molecule has 0 N–H and O–H groups in total. The molecule has 34 heavy (non-hydrogen) atoms. The van der Waals surface area contributed by atoms with Crippen molar-refractivity contribution in [3.05, 3.63) is 88.7 Å². The molecule has 176 valence electrons. The number of ether oxygens (including phenoxy) is 3. The Morgan fingerprint density at radius 1 is 1.03 bits per heavy atom. The predicted molar refractivity (Wildman–Crippen MR) is 128 cm³/mol. The number of hydrogen-bond acceptors (Lipinski definition) is 5. The fourth-order valence-electron chi connectivity index (χ4n) is 4.67. The molecule has 0 bridgehead atoms. The van der Waals surface area contributed by atoms with Crippen LogP contribution < -0.4 is 14.2 Å². The summed E-state index contributed by atoms with van der Waals surface area (Å²) in [5, 5.41) is 0.609. The van der Waals surface area contributed by atoms with E-state index in [1.54, 1.807) is 24.3 Å². The summed E-state index contributed by atoms with van der Waals surface area (Å²) < 4.78 is 30.5. The van der Waals surface area contributed by atoms with Crippen LogP contribution in [0.15, 0.2) is 66.7 Å². The highest BCUT2D eigenvalue weighted by molar-refractivity contribution is 6.30. The normalized spacial score (nSPS) is 19.7. The third kappa shape index (κ3) is 5.18. The van der Waals surface area contributed by atoms with Crippen LogP contribution in [0.4, 0.5) is 4.39 Å². The van der Waals surface area contributed by atoms with E-state index in [-0.39, 0.29) is 30.2 Å². The minimum absolute atomic E-state index is 0.0624. The standard InChI is InChI=1S/C27H25ClFNO4/c28-21-5-1-19(2-6-21)25(31)15-30-12-11-24(18-3-7-22(29)8-4-18)20(14-30)16-32-23-9-10-26-27(13-23)34-17-33-26/h1-10,13,20,24H,11-12,14-17H2/t20-,24-/m1/s1. The zero-order valence-corrected chi connectivity index (χ0v) is 19.3. The highest BCUT2D eigenvalue weighted by atomic mass is 35.5. The summed E-state index contributed by atoms with van der Waals surface area (Å²) in [5.41, 5.74) is 1.74. The molecule has 0 unspecified atom stereocenters. The fourth-order valence-corrected chi connectivity index (χ4v) is 4.79. The van der Waals surface area contributed by atoms with E-state index >= 15 is 0 Å². The lowest BCUT2D eigenvalue weighted by Gasteiger charge is -2.38. The molecule has 3 aromatic rings. The summed E-state index contributed by atoms with van der Waals surface area (Å²) in [4.78, 5) is 15.0. The third-order valence-corrected chi connectivity index (χ3v) is 6.71. The molecule has 2 atom stereocenters. The topological polar surface area (TPSA) is 48.0 Å². The molecule has 0 aliphatic carbocycles. The lowest BCUT2D eigenvalue weighted by molar-refractivity contribution is 0.0806. The lowest BCUT2D eigenvalue weighted by atomic mass is 9.80. The summed E-state index contributed by atoms with van der Waals surface area (Å²) >= 11 is 5.95. The van der Waals surface area contributed by atoms with Crippen molar-refractivity contribution < 1.29 is 23.4 Å². The largest absolute Gasteiger partial charge is 0.493 e. The van der Waals surface area contributed by atoms with Crippen molar-refractivity contribution in [2.75, 3.05) is 33.0 Å². The number of carbonyl (C=O) groups is 1. The number of Topliss-reactive ketones (excluding diaryl/α,β-unsaturated/α-hetero) is 1. The maximum absolute atomic E-state index is 13.5. The molecule has 2 aliphatic rings. The molecule has 1 fully saturated rings. The second-order valence-electron chi connectivity index (χ2n) is 8.70. The Labute approximate surface area is 203 Å². The van der Waals surface area contributed by atoms with Crippen LogP contribution in [0.2, 0.25) is 5.02 Å². The van der Waals surface area contributed by atoms with Gasteiger partial charge in [0.2, 0.25) is 6.79 Å². The predicted octanol–water partition coefficient (Wildman–Crippen LogP) is 5.58. The number of rotatable bonds is 7. The van der Waals surface area contributed by atoms with Crippen molar-refractivity contribution >= 4 is 17.4 Å². The van der Waals surface area contributed by atoms with Gasteiger partial charge < -0.3 is 14.2 Å². The number of ketones is 1. The van der Waals surface area contributed by atoms with Crippen molar-refractivity contribution in [1.29, 1.82) is 0 Å². The SMILES string of the molecule is O=C(CN1CC[C@H](c2ccc(F)cc2)[C@@H](COc2ccc3c(c2)OCO3)C1)c1ccc(Cl)cc1. The summed E-state index contributed by atoms with van der Waals surface area (Å²) in [6.45, 7) is 2.49. The zero-order chi connectivity index (χ0) is 23.5. The second kappa shape index (κ2) is 10.0. The van der Waals surface area contributed by atoms with E-state index in [1.165, 1.54) is 12.1 Å². The molecule has 2 aliphatic heterocycles. The third-order valence-electron chi connectivity index (χ3n) is 6.46. The number of likely N-dealkylation sites (tertiary alicyclic amines) is 1. The smallest absolute Gasteiger partial charge is 0.231 e. The van der Waals surface area contributed by atoms with Crippen molar-refractivity contribution in [2.24, 2.45) is 5.92 Å². The number of nitrogens with zero attached hydrogens (tertiary/aromatic N) is 1. The molecular formula is C27H25ClFNO4. The summed E-state index contributed by atoms with van der Waals surface area (Å²) in [7, 11) is 0. The first-order valence-electron chi connectivity index (χ1n) is 11.3. The molecule has 5 nitrogen and oxygen atoms in total. The highest BCUT2D eigenvalue weighted by Crippen LogP contribution is 2.37. The molecule has 0 aromatic heterocycles. The van der Waals surface area contributed by atoms with Gasteiger partial charge in [0, 0.05) is 29.1 Å². The average Bonchev–Trinajstić information content (AvgIpc) is 3.32. The van der Waals surface area contributed by atoms with Gasteiger partial charge in [0.15, 0.2) is 17.3 Å². The van der Waals surface area contributed by atoms with E-state index in [1.807, 2.05) is 30.3 Å². The van der Waals surface area contributed by atoms with Crippen LogP contribution in [0.1, 0.15) is 28.3 Å². The van der Waals surface area contributed by atoms with Crippen LogP contribution in [0, 0.1) is 11.7 Å². The Morgan fingerprint density at radius 2 is 1.79 bits per heavy atom. The molecular weight excluding hydrogens is 457 g/mol. The first-order chi connectivity index (χ1) is 16.5. The van der Waals surface area contributed by atoms with Crippen molar-refractivity contribution in [3.63, 3.8) is 0 Å². The minimum Gasteiger partial charge on any atom is -0.493 e. The first-order valence-corrected chi connectivity index (χ1v) is 11.7. The Hall–Kier alpha value is -3.09. The van der Waals surface area contributed by atoms with Gasteiger partial charge in [-0.05, 0) is 73.0 Å². The first kappa shape index (κ1) is 22.7. The molecule has 0 spiro atoms. The highest BCUT2D eigenvalue weighted by Gasteiger charge is 2.32. The second-order valence-corrected chi connectivity index (χ2v) is 9.13. The van der Waals surface area contributed by atoms with Crippen LogP contribution in [-0.2, 0) is 0 Å². The fraction of sp³-hybridized carbons (Fsp3) is 0.296. The van der Waals surface area contributed by atoms with Crippen LogP contribution in [0.25, 0.3) is 0 Å². The van der Waals surface area contributed by atoms with Crippen molar-refractivity contribution in [3.8, 4) is 17.2 Å². The van der Waals surface area contributed by atoms with Gasteiger partial charge in [-0.2, -0.15) is 0 Å². The van der Waals surface area contributed by atoms with Gasteiger partial charge in [0.25, 0.3) is 0 Å². The van der Waals surface area contributed by atoms with Crippen LogP contribution in [0.3, 0.4) is 0 Å². The van der Waals surface area contributed by atoms with Crippen LogP contribution in [0.5, 0.6) is 17.2 Å². The minimum atomic E-state index is -0.247. The average molecular weight is 482 g/mol. The molecule has 3 aromatic carbocycles. The van der Waals surface area contributed by atoms with Gasteiger partial charge in [0.05, 0.1) is 13.2 Å². The number of benzene rings is 3. The number of halogens is 2. The van der Waals surface area contributed by atoms with E-state index in [0.717, 1.165) is 18.5 Å². The molecule has 0 saturated carbocycles. The van der Waals surface area contributed by atoms with Gasteiger partial charge >= 0.3 is 0 Å². The summed E-state index contributed by atoms with van der Waals surface area (Å²) in [5.74, 6) is 2.23. The number of piperidine rings is 1. The number of carbonyl (C=O) groups excluding carboxylic acids is 1. The maximum atomic E-state index is 13.5. The zero-order valence-electron chi connectivity index (χ0n) is 18.6. The monoisotopic (exact) mass is 481 g/mol. The van der Waals surface area contributed by atoms with E-state index in [2.05, 4.69) is 4.90 Å². The van der Waals surface area contributed by atoms with Gasteiger partial charge in [-0.15, -0.1) is 0 Å². The molecule has 0 amide bonds. The van der Waals surface area contributed by atoms with Gasteiger partial charge in [-0.25, -0.2) is 4.39 Å². The molecule has 2 heterocycles. The van der Waals surface area contributed by atoms with Gasteiger partial charge in [-0.3, -0.25) is 9.69 Å². The van der Waals surface area contributed by atoms with Gasteiger partial charge in [0.1, 0.15) is 11.6 Å². The van der Waals surface area contributed by atoms with E-state index in [9.17, 15) is 9.18 Å². The van der Waals surface area contributed by atoms with E-state index < -0.39 is 0 Å². The molecule has 5 rings (SSSR count). The Morgan fingerprint density at radius 3 is 2.59 bits per heavy atom. The molecule has 1 saturated heterocycles. The molecule has 0 radical (unpaired) electrons. The van der Waals surface area contributed by atoms with Crippen molar-refractivity contribution in [1.82, 2.24) is 4.90 Å².